The molecule has 0 amide bonds. The molecule has 0 aliphatic heterocycles. The summed E-state index contributed by atoms with van der Waals surface area (Å²) in [5, 5.41) is 9.15. The van der Waals surface area contributed by atoms with Gasteiger partial charge < -0.3 is 5.11 Å². The predicted molar refractivity (Wildman–Crippen MR) is 120 cm³/mol. The zero-order valence-corrected chi connectivity index (χ0v) is 19.4. The number of benzene rings is 3. The highest BCUT2D eigenvalue weighted by atomic mass is 19.4. The van der Waals surface area contributed by atoms with Crippen molar-refractivity contribution in [2.75, 3.05) is 0 Å². The number of rotatable bonds is 4. The molecule has 0 unspecified atom stereocenters. The number of halogens is 10. The van der Waals surface area contributed by atoms with Crippen LogP contribution in [-0.4, -0.2) is 21.0 Å². The molecule has 4 rings (SSSR count). The van der Waals surface area contributed by atoms with Crippen LogP contribution in [0.1, 0.15) is 27.2 Å². The first-order chi connectivity index (χ1) is 18.4. The van der Waals surface area contributed by atoms with E-state index in [9.17, 15) is 48.7 Å². The fraction of sp³-hybridized carbons (Fsp3) is 0.115. The minimum atomic E-state index is -5.25. The number of carboxylic acid groups (broad SMARTS) is 1. The second-order valence-electron chi connectivity index (χ2n) is 8.33. The molecule has 0 bridgehead atoms. The van der Waals surface area contributed by atoms with E-state index in [1.54, 1.807) is 0 Å². The van der Waals surface area contributed by atoms with Crippen LogP contribution in [-0.2, 0) is 18.5 Å². The van der Waals surface area contributed by atoms with Crippen molar-refractivity contribution in [2.24, 2.45) is 0 Å². The van der Waals surface area contributed by atoms with Crippen molar-refractivity contribution >= 4 is 5.97 Å². The second-order valence-corrected chi connectivity index (χ2v) is 8.33. The van der Waals surface area contributed by atoms with Gasteiger partial charge in [-0.05, 0) is 53.6 Å². The van der Waals surface area contributed by atoms with E-state index >= 15 is 0 Å². The van der Waals surface area contributed by atoms with E-state index in [2.05, 4.69) is 9.97 Å². The van der Waals surface area contributed by atoms with Gasteiger partial charge in [-0.25, -0.2) is 19.2 Å². The summed E-state index contributed by atoms with van der Waals surface area (Å²) < 4.78 is 135. The van der Waals surface area contributed by atoms with Gasteiger partial charge >= 0.3 is 24.5 Å². The third kappa shape index (κ3) is 6.05. The predicted octanol–water partition coefficient (Wildman–Crippen LogP) is 8.37. The number of carbonyl (C=O) groups is 1. The Hall–Kier alpha value is -4.49. The maximum absolute atomic E-state index is 13.8. The SMILES string of the molecule is O=C(O)c1cc(-c2cccc(-c3nc(-c4cc(C(F)(F)F)cc(C(F)(F)F)c4)cc(C(F)(F)F)n3)c2)ccc1F. The van der Waals surface area contributed by atoms with E-state index in [0.29, 0.717) is 0 Å². The topological polar surface area (TPSA) is 63.1 Å². The van der Waals surface area contributed by atoms with Crippen molar-refractivity contribution < 1.29 is 53.8 Å². The second kappa shape index (κ2) is 9.92. The molecule has 1 heterocycles. The molecule has 0 radical (unpaired) electrons. The highest BCUT2D eigenvalue weighted by Crippen LogP contribution is 2.40. The molecule has 0 aliphatic rings. The van der Waals surface area contributed by atoms with E-state index in [0.717, 1.165) is 12.1 Å². The van der Waals surface area contributed by atoms with Gasteiger partial charge in [0.25, 0.3) is 0 Å². The molecule has 0 atom stereocenters. The number of hydrogen-bond acceptors (Lipinski definition) is 3. The molecule has 0 fully saturated rings. The van der Waals surface area contributed by atoms with Gasteiger partial charge in [0.1, 0.15) is 11.5 Å². The standard InChI is InChI=1S/C26H12F10N2O2/c27-19-5-4-13(9-18(19)23(39)40)12-2-1-3-14(6-12)22-37-20(11-21(38-22)26(34,35)36)15-7-16(24(28,29)30)10-17(8-15)25(31,32)33/h1-11H,(H,39,40). The van der Waals surface area contributed by atoms with Crippen molar-refractivity contribution in [3.05, 3.63) is 94.9 Å². The summed E-state index contributed by atoms with van der Waals surface area (Å²) in [6, 6.07) is 8.68. The van der Waals surface area contributed by atoms with Gasteiger partial charge in [-0.3, -0.25) is 0 Å². The molecule has 14 heteroatoms. The van der Waals surface area contributed by atoms with Gasteiger partial charge in [0.05, 0.1) is 22.4 Å². The average molecular weight is 574 g/mol. The third-order valence-electron chi connectivity index (χ3n) is 5.55. The number of nitrogens with zero attached hydrogens (tertiary/aromatic N) is 2. The van der Waals surface area contributed by atoms with Crippen LogP contribution < -0.4 is 0 Å². The third-order valence-corrected chi connectivity index (χ3v) is 5.55. The Bertz CT molecular complexity index is 1580. The van der Waals surface area contributed by atoms with Gasteiger partial charge in [0.15, 0.2) is 5.82 Å². The monoisotopic (exact) mass is 574 g/mol. The van der Waals surface area contributed by atoms with Crippen molar-refractivity contribution in [1.82, 2.24) is 9.97 Å². The molecule has 0 saturated carbocycles. The largest absolute Gasteiger partial charge is 0.478 e. The van der Waals surface area contributed by atoms with Crippen LogP contribution in [0.15, 0.2) is 66.7 Å². The Balaban J connectivity index is 1.92. The van der Waals surface area contributed by atoms with Crippen LogP contribution in [0.2, 0.25) is 0 Å². The summed E-state index contributed by atoms with van der Waals surface area (Å²) in [6.07, 6.45) is -15.7. The number of alkyl halides is 9. The summed E-state index contributed by atoms with van der Waals surface area (Å²) >= 11 is 0. The number of aromatic carboxylic acids is 1. The lowest BCUT2D eigenvalue weighted by Crippen LogP contribution is -2.12. The van der Waals surface area contributed by atoms with E-state index < -0.39 is 69.8 Å². The zero-order valence-electron chi connectivity index (χ0n) is 19.4. The van der Waals surface area contributed by atoms with Gasteiger partial charge in [-0.1, -0.05) is 24.3 Å². The minimum Gasteiger partial charge on any atom is -0.478 e. The number of hydrogen-bond donors (Lipinski definition) is 1. The highest BCUT2D eigenvalue weighted by Gasteiger charge is 2.38. The smallest absolute Gasteiger partial charge is 0.433 e. The molecule has 0 saturated heterocycles. The zero-order chi connectivity index (χ0) is 29.6. The summed E-state index contributed by atoms with van der Waals surface area (Å²) in [4.78, 5) is 18.5. The summed E-state index contributed by atoms with van der Waals surface area (Å²) in [5.74, 6) is -3.32. The Morgan fingerprint density at radius 1 is 0.625 bits per heavy atom. The fourth-order valence-electron chi connectivity index (χ4n) is 3.68. The average Bonchev–Trinajstić information content (AvgIpc) is 2.87. The molecule has 3 aromatic carbocycles. The van der Waals surface area contributed by atoms with Crippen molar-refractivity contribution in [3.8, 4) is 33.8 Å². The van der Waals surface area contributed by atoms with Crippen LogP contribution in [0, 0.1) is 5.82 Å². The van der Waals surface area contributed by atoms with Crippen molar-refractivity contribution in [1.29, 1.82) is 0 Å². The van der Waals surface area contributed by atoms with Crippen molar-refractivity contribution in [2.45, 2.75) is 18.5 Å². The highest BCUT2D eigenvalue weighted by molar-refractivity contribution is 5.90. The van der Waals surface area contributed by atoms with Gasteiger partial charge in [0, 0.05) is 11.1 Å². The Morgan fingerprint density at radius 2 is 1.20 bits per heavy atom. The quantitative estimate of drug-likeness (QED) is 0.249. The molecular formula is C26H12F10N2O2. The normalized spacial score (nSPS) is 12.4. The lowest BCUT2D eigenvalue weighted by molar-refractivity contribution is -0.143. The molecule has 1 N–H and O–H groups in total. The summed E-state index contributed by atoms with van der Waals surface area (Å²) in [6.45, 7) is 0. The molecule has 4 aromatic rings. The maximum atomic E-state index is 13.8. The van der Waals surface area contributed by atoms with Gasteiger partial charge in [-0.15, -0.1) is 0 Å². The van der Waals surface area contributed by atoms with Gasteiger partial charge in [-0.2, -0.15) is 39.5 Å². The van der Waals surface area contributed by atoms with Crippen LogP contribution in [0.5, 0.6) is 0 Å². The van der Waals surface area contributed by atoms with Gasteiger partial charge in [0.2, 0.25) is 0 Å². The van der Waals surface area contributed by atoms with Crippen LogP contribution >= 0.6 is 0 Å². The first-order valence-corrected chi connectivity index (χ1v) is 10.8. The Kier molecular flexibility index (Phi) is 7.07. The van der Waals surface area contributed by atoms with Crippen LogP contribution in [0.25, 0.3) is 33.8 Å². The number of aromatic nitrogens is 2. The van der Waals surface area contributed by atoms with E-state index in [-0.39, 0.29) is 41.0 Å². The molecule has 208 valence electrons. The molecule has 0 spiro atoms. The molecule has 4 nitrogen and oxygen atoms in total. The maximum Gasteiger partial charge on any atom is 0.433 e. The van der Waals surface area contributed by atoms with E-state index in [1.165, 1.54) is 30.3 Å². The fourth-order valence-corrected chi connectivity index (χ4v) is 3.68. The molecule has 40 heavy (non-hydrogen) atoms. The first-order valence-electron chi connectivity index (χ1n) is 10.8. The summed E-state index contributed by atoms with van der Waals surface area (Å²) in [5.41, 5.74) is -7.41. The lowest BCUT2D eigenvalue weighted by atomic mass is 10.00. The first kappa shape index (κ1) is 28.5. The molecule has 0 aliphatic carbocycles. The molecular weight excluding hydrogens is 562 g/mol. The molecule has 1 aromatic heterocycles. The minimum absolute atomic E-state index is 0.139. The summed E-state index contributed by atoms with van der Waals surface area (Å²) in [7, 11) is 0. The Morgan fingerprint density at radius 3 is 1.75 bits per heavy atom. The van der Waals surface area contributed by atoms with E-state index in [1.807, 2.05) is 0 Å². The van der Waals surface area contributed by atoms with Crippen LogP contribution in [0.4, 0.5) is 43.9 Å². The number of carboxylic acids is 1. The van der Waals surface area contributed by atoms with E-state index in [4.69, 9.17) is 5.11 Å². The van der Waals surface area contributed by atoms with Crippen molar-refractivity contribution in [3.63, 3.8) is 0 Å². The Labute approximate surface area is 217 Å². The van der Waals surface area contributed by atoms with Crippen LogP contribution in [0.3, 0.4) is 0 Å². The lowest BCUT2D eigenvalue weighted by Gasteiger charge is -2.16.